The van der Waals surface area contributed by atoms with Crippen LogP contribution in [0, 0.1) is 5.92 Å². The molecule has 172 valence electrons. The predicted molar refractivity (Wildman–Crippen MR) is 113 cm³/mol. The second kappa shape index (κ2) is 7.59. The molecule has 33 heavy (non-hydrogen) atoms. The van der Waals surface area contributed by atoms with E-state index in [2.05, 4.69) is 0 Å². The monoisotopic (exact) mass is 458 g/mol. The summed E-state index contributed by atoms with van der Waals surface area (Å²) in [6.07, 6.45) is -4.48. The van der Waals surface area contributed by atoms with Gasteiger partial charge in [0.2, 0.25) is 12.6 Å². The Morgan fingerprint density at radius 1 is 0.939 bits per heavy atom. The lowest BCUT2D eigenvalue weighted by Gasteiger charge is -2.42. The Morgan fingerprint density at radius 3 is 2.42 bits per heavy atom. The second-order valence-electron chi connectivity index (χ2n) is 8.33. The van der Waals surface area contributed by atoms with Crippen LogP contribution in [-0.4, -0.2) is 17.7 Å². The quantitative estimate of drug-likeness (QED) is 0.514. The van der Waals surface area contributed by atoms with Crippen molar-refractivity contribution in [2.24, 2.45) is 5.92 Å². The highest BCUT2D eigenvalue weighted by atomic mass is 19.4. The number of aliphatic hydroxyl groups is 1. The maximum absolute atomic E-state index is 13.2. The van der Waals surface area contributed by atoms with Crippen LogP contribution >= 0.6 is 0 Å². The van der Waals surface area contributed by atoms with Crippen molar-refractivity contribution in [3.63, 3.8) is 0 Å². The van der Waals surface area contributed by atoms with Crippen molar-refractivity contribution in [3.05, 3.63) is 77.4 Å². The highest BCUT2D eigenvalue weighted by Crippen LogP contribution is 2.53. The van der Waals surface area contributed by atoms with Gasteiger partial charge in [0, 0.05) is 36.0 Å². The summed E-state index contributed by atoms with van der Waals surface area (Å²) in [4.78, 5) is 0. The van der Waals surface area contributed by atoms with Crippen molar-refractivity contribution in [1.29, 1.82) is 0 Å². The highest BCUT2D eigenvalue weighted by Gasteiger charge is 2.45. The third-order valence-electron chi connectivity index (χ3n) is 6.14. The standard InChI is InChI=1S/C25H21F3O5/c1-14-23(18-11-21-22(31-13-30-21)12-20(18)33-24(14,2)29)17-8-3-4-9-19(17)32-16-7-5-6-15(10-16)25(26,27)28/h3-12,14,23,29H,13H2,1-2H3/t14-,23+,24-/m1/s1. The average molecular weight is 458 g/mol. The minimum absolute atomic E-state index is 0.0645. The van der Waals surface area contributed by atoms with E-state index in [0.717, 1.165) is 17.7 Å². The van der Waals surface area contributed by atoms with Gasteiger partial charge in [-0.1, -0.05) is 31.2 Å². The van der Waals surface area contributed by atoms with Crippen LogP contribution in [0.5, 0.6) is 28.7 Å². The fraction of sp³-hybridized carbons (Fsp3) is 0.280. The predicted octanol–water partition coefficient (Wildman–Crippen LogP) is 6.10. The van der Waals surface area contributed by atoms with Gasteiger partial charge in [-0.15, -0.1) is 0 Å². The number of para-hydroxylation sites is 1. The SMILES string of the molecule is C[C@@H]1[C@@H](c2ccccc2Oc2cccc(C(F)(F)F)c2)c2cc3c(cc2O[C@@]1(C)O)OCO3. The largest absolute Gasteiger partial charge is 0.462 e. The van der Waals surface area contributed by atoms with E-state index in [9.17, 15) is 18.3 Å². The molecular weight excluding hydrogens is 437 g/mol. The average Bonchev–Trinajstić information content (AvgIpc) is 3.21. The Morgan fingerprint density at radius 2 is 1.67 bits per heavy atom. The molecule has 2 aliphatic rings. The Labute approximate surface area is 188 Å². The number of hydrogen-bond acceptors (Lipinski definition) is 5. The van der Waals surface area contributed by atoms with Crippen LogP contribution in [0.2, 0.25) is 0 Å². The normalized spacial score (nSPS) is 23.6. The lowest BCUT2D eigenvalue weighted by Crippen LogP contribution is -2.45. The first kappa shape index (κ1) is 21.5. The zero-order valence-electron chi connectivity index (χ0n) is 17.8. The lowest BCUT2D eigenvalue weighted by atomic mass is 9.75. The zero-order chi connectivity index (χ0) is 23.4. The third-order valence-corrected chi connectivity index (χ3v) is 6.14. The number of alkyl halides is 3. The molecule has 3 atom stereocenters. The number of benzene rings is 3. The number of ether oxygens (including phenoxy) is 4. The molecule has 1 N–H and O–H groups in total. The van der Waals surface area contributed by atoms with Crippen LogP contribution in [0.4, 0.5) is 13.2 Å². The van der Waals surface area contributed by atoms with Gasteiger partial charge in [-0.05, 0) is 30.3 Å². The smallest absolute Gasteiger partial charge is 0.416 e. The minimum Gasteiger partial charge on any atom is -0.462 e. The Kier molecular flexibility index (Phi) is 4.93. The first-order valence-corrected chi connectivity index (χ1v) is 10.4. The maximum Gasteiger partial charge on any atom is 0.416 e. The second-order valence-corrected chi connectivity index (χ2v) is 8.33. The summed E-state index contributed by atoms with van der Waals surface area (Å²) in [7, 11) is 0. The summed E-state index contributed by atoms with van der Waals surface area (Å²) in [5.74, 6) is -0.337. The van der Waals surface area contributed by atoms with Gasteiger partial charge in [-0.2, -0.15) is 13.2 Å². The van der Waals surface area contributed by atoms with E-state index in [4.69, 9.17) is 18.9 Å². The molecule has 0 radical (unpaired) electrons. The molecule has 3 aromatic rings. The Balaban J connectivity index is 1.60. The van der Waals surface area contributed by atoms with Crippen LogP contribution in [0.3, 0.4) is 0 Å². The fourth-order valence-electron chi connectivity index (χ4n) is 4.29. The van der Waals surface area contributed by atoms with E-state index in [1.807, 2.05) is 25.1 Å². The Bertz CT molecular complexity index is 1200. The van der Waals surface area contributed by atoms with Crippen LogP contribution < -0.4 is 18.9 Å². The van der Waals surface area contributed by atoms with Gasteiger partial charge in [-0.25, -0.2) is 0 Å². The van der Waals surface area contributed by atoms with E-state index >= 15 is 0 Å². The maximum atomic E-state index is 13.2. The number of fused-ring (bicyclic) bond motifs is 2. The van der Waals surface area contributed by atoms with E-state index in [1.165, 1.54) is 12.1 Å². The molecule has 0 saturated carbocycles. The van der Waals surface area contributed by atoms with Gasteiger partial charge in [-0.3, -0.25) is 0 Å². The molecule has 2 heterocycles. The Hall–Kier alpha value is -3.39. The number of rotatable bonds is 3. The summed E-state index contributed by atoms with van der Waals surface area (Å²) < 4.78 is 62.3. The summed E-state index contributed by atoms with van der Waals surface area (Å²) in [5.41, 5.74) is 0.669. The molecule has 0 fully saturated rings. The molecular formula is C25H21F3O5. The van der Waals surface area contributed by atoms with Crippen LogP contribution in [-0.2, 0) is 6.18 Å². The van der Waals surface area contributed by atoms with Gasteiger partial charge in [0.1, 0.15) is 17.2 Å². The van der Waals surface area contributed by atoms with Crippen molar-refractivity contribution in [1.82, 2.24) is 0 Å². The minimum atomic E-state index is -4.48. The van der Waals surface area contributed by atoms with Gasteiger partial charge in [0.25, 0.3) is 0 Å². The zero-order valence-corrected chi connectivity index (χ0v) is 17.8. The fourth-order valence-corrected chi connectivity index (χ4v) is 4.29. The molecule has 3 aromatic carbocycles. The summed E-state index contributed by atoms with van der Waals surface area (Å²) in [6.45, 7) is 3.51. The molecule has 0 unspecified atom stereocenters. The molecule has 0 aliphatic carbocycles. The highest BCUT2D eigenvalue weighted by molar-refractivity contribution is 5.58. The van der Waals surface area contributed by atoms with Crippen LogP contribution in [0.15, 0.2) is 60.7 Å². The molecule has 0 spiro atoms. The molecule has 5 rings (SSSR count). The first-order valence-electron chi connectivity index (χ1n) is 10.4. The van der Waals surface area contributed by atoms with Crippen LogP contribution in [0.1, 0.15) is 36.5 Å². The number of hydrogen-bond donors (Lipinski definition) is 1. The number of halogens is 3. The summed E-state index contributed by atoms with van der Waals surface area (Å²) in [5, 5.41) is 11.0. The van der Waals surface area contributed by atoms with E-state index in [1.54, 1.807) is 25.1 Å². The van der Waals surface area contributed by atoms with Crippen molar-refractivity contribution >= 4 is 0 Å². The van der Waals surface area contributed by atoms with E-state index in [0.29, 0.717) is 28.6 Å². The van der Waals surface area contributed by atoms with Crippen LogP contribution in [0.25, 0.3) is 0 Å². The lowest BCUT2D eigenvalue weighted by molar-refractivity contribution is -0.171. The van der Waals surface area contributed by atoms with Crippen molar-refractivity contribution in [3.8, 4) is 28.7 Å². The van der Waals surface area contributed by atoms with Gasteiger partial charge in [0.15, 0.2) is 11.5 Å². The molecule has 0 bridgehead atoms. The summed E-state index contributed by atoms with van der Waals surface area (Å²) >= 11 is 0. The molecule has 0 saturated heterocycles. The topological polar surface area (TPSA) is 57.2 Å². The van der Waals surface area contributed by atoms with Crippen molar-refractivity contribution in [2.75, 3.05) is 6.79 Å². The molecule has 5 nitrogen and oxygen atoms in total. The third kappa shape index (κ3) is 3.84. The van der Waals surface area contributed by atoms with Crippen molar-refractivity contribution < 1.29 is 37.2 Å². The molecule has 0 aromatic heterocycles. The van der Waals surface area contributed by atoms with Gasteiger partial charge < -0.3 is 24.1 Å². The molecule has 8 heteroatoms. The van der Waals surface area contributed by atoms with E-state index in [-0.39, 0.29) is 18.5 Å². The van der Waals surface area contributed by atoms with E-state index < -0.39 is 23.4 Å². The summed E-state index contributed by atoms with van der Waals surface area (Å²) in [6, 6.07) is 15.3. The van der Waals surface area contributed by atoms with Crippen molar-refractivity contribution in [2.45, 2.75) is 31.7 Å². The first-order chi connectivity index (χ1) is 15.6. The van der Waals surface area contributed by atoms with Gasteiger partial charge in [0.05, 0.1) is 5.56 Å². The molecule has 0 amide bonds. The van der Waals surface area contributed by atoms with Gasteiger partial charge >= 0.3 is 6.18 Å². The molecule has 2 aliphatic heterocycles.